The van der Waals surface area contributed by atoms with Crippen molar-refractivity contribution >= 4 is 56.1 Å². The van der Waals surface area contributed by atoms with Crippen LogP contribution in [0.3, 0.4) is 0 Å². The largest absolute Gasteiger partial charge is 0.387 e. The van der Waals surface area contributed by atoms with Crippen LogP contribution >= 0.6 is 0 Å². The Hall–Kier alpha value is -6.15. The second kappa shape index (κ2) is 15.3. The average molecular weight is 883 g/mol. The Bertz CT molecular complexity index is 2840. The molecular formula is C44H41F3N8O7S. The van der Waals surface area contributed by atoms with Gasteiger partial charge in [0.05, 0.1) is 17.4 Å². The van der Waals surface area contributed by atoms with Crippen molar-refractivity contribution in [1.29, 1.82) is 0 Å². The summed E-state index contributed by atoms with van der Waals surface area (Å²) < 4.78 is 73.0. The van der Waals surface area contributed by atoms with Crippen LogP contribution in [0.25, 0.3) is 22.2 Å². The number of piperidine rings is 1. The SMILES string of the molecule is O=C1CCC(N2Cc3cc([C@@H](O)CN4CC5(C4)CN(c4ccc(-c6cnc7[nH]cc(C(=O)c8c(F)ccc(NS(=O)(=O)N9CCC(F)C9)c8F)c7c6)cc4)C5)ccc3C2=O)C(=O)N1. The molecule has 326 valence electrons. The van der Waals surface area contributed by atoms with E-state index in [1.807, 2.05) is 35.1 Å². The zero-order valence-electron chi connectivity index (χ0n) is 33.6. The van der Waals surface area contributed by atoms with E-state index >= 15 is 8.78 Å². The van der Waals surface area contributed by atoms with Gasteiger partial charge in [-0.15, -0.1) is 0 Å². The van der Waals surface area contributed by atoms with Gasteiger partial charge >= 0.3 is 10.2 Å². The average Bonchev–Trinajstić information content (AvgIpc) is 3.96. The number of pyridine rings is 1. The van der Waals surface area contributed by atoms with E-state index in [0.29, 0.717) is 34.3 Å². The molecule has 5 aromatic rings. The minimum atomic E-state index is -4.36. The first-order valence-electron chi connectivity index (χ1n) is 20.6. The number of carbonyl (C=O) groups is 4. The minimum Gasteiger partial charge on any atom is -0.387 e. The summed E-state index contributed by atoms with van der Waals surface area (Å²) in [6.07, 6.45) is 1.26. The van der Waals surface area contributed by atoms with E-state index in [1.165, 1.54) is 11.1 Å². The first kappa shape index (κ1) is 40.9. The number of β-amino-alcohol motifs (C(OH)–C–C–N with tert-alkyl or cyclic N) is 1. The van der Waals surface area contributed by atoms with Crippen molar-refractivity contribution in [2.75, 3.05) is 55.4 Å². The molecule has 4 N–H and O–H groups in total. The molecule has 15 nitrogen and oxygen atoms in total. The highest BCUT2D eigenvalue weighted by molar-refractivity contribution is 7.90. The van der Waals surface area contributed by atoms with Gasteiger partial charge in [-0.1, -0.05) is 24.3 Å². The van der Waals surface area contributed by atoms with Crippen LogP contribution in [0, 0.1) is 17.0 Å². The quantitative estimate of drug-likeness (QED) is 0.111. The fourth-order valence-electron chi connectivity index (χ4n) is 9.63. The van der Waals surface area contributed by atoms with Crippen LogP contribution in [0.15, 0.2) is 73.1 Å². The summed E-state index contributed by atoms with van der Waals surface area (Å²) in [5, 5.41) is 13.8. The third-order valence-electron chi connectivity index (χ3n) is 12.9. The van der Waals surface area contributed by atoms with Gasteiger partial charge in [-0.05, 0) is 65.9 Å². The monoisotopic (exact) mass is 882 g/mol. The summed E-state index contributed by atoms with van der Waals surface area (Å²) in [5.41, 5.74) is 3.16. The number of nitrogens with zero attached hydrogens (tertiary/aromatic N) is 5. The van der Waals surface area contributed by atoms with E-state index in [4.69, 9.17) is 0 Å². The third-order valence-corrected chi connectivity index (χ3v) is 14.4. The van der Waals surface area contributed by atoms with Gasteiger partial charge in [-0.2, -0.15) is 12.7 Å². The van der Waals surface area contributed by atoms with Gasteiger partial charge in [0.15, 0.2) is 5.82 Å². The van der Waals surface area contributed by atoms with E-state index < -0.39 is 69.6 Å². The first-order chi connectivity index (χ1) is 30.1. The van der Waals surface area contributed by atoms with Gasteiger partial charge in [0, 0.05) is 104 Å². The van der Waals surface area contributed by atoms with Crippen molar-refractivity contribution < 1.29 is 45.9 Å². The highest BCUT2D eigenvalue weighted by Gasteiger charge is 2.52. The van der Waals surface area contributed by atoms with Crippen molar-refractivity contribution in [3.05, 3.63) is 113 Å². The molecule has 63 heavy (non-hydrogen) atoms. The number of aromatic amines is 1. The maximum absolute atomic E-state index is 15.7. The molecule has 5 aliphatic heterocycles. The van der Waals surface area contributed by atoms with Crippen LogP contribution in [0.2, 0.25) is 0 Å². The van der Waals surface area contributed by atoms with Crippen LogP contribution in [-0.2, 0) is 26.3 Å². The second-order valence-electron chi connectivity index (χ2n) is 17.2. The normalized spacial score (nSPS) is 21.7. The summed E-state index contributed by atoms with van der Waals surface area (Å²) >= 11 is 0. The Morgan fingerprint density at radius 3 is 2.49 bits per heavy atom. The predicted octanol–water partition coefficient (Wildman–Crippen LogP) is 4.06. The van der Waals surface area contributed by atoms with Gasteiger partial charge in [0.2, 0.25) is 17.6 Å². The molecule has 10 rings (SSSR count). The fraction of sp³-hybridized carbons (Fsp3) is 0.341. The van der Waals surface area contributed by atoms with Crippen molar-refractivity contribution in [1.82, 2.24) is 29.4 Å². The second-order valence-corrected chi connectivity index (χ2v) is 18.9. The van der Waals surface area contributed by atoms with E-state index in [2.05, 4.69) is 25.1 Å². The molecule has 19 heteroatoms. The maximum atomic E-state index is 15.7. The number of alkyl halides is 1. The fourth-order valence-corrected chi connectivity index (χ4v) is 10.9. The lowest BCUT2D eigenvalue weighted by Gasteiger charge is -2.61. The summed E-state index contributed by atoms with van der Waals surface area (Å²) in [4.78, 5) is 64.1. The molecular weight excluding hydrogens is 842 g/mol. The standard InChI is InChI=1S/C44H41F3N8O7S/c45-28-11-12-54(18-28)63(61,62)51-34-8-7-33(46)38(39(34)47)40(58)32-16-49-41-31(32)14-26(15-48-41)24-1-4-29(5-2-24)53-22-44(23-53)20-52(21-44)19-36(56)25-3-6-30-27(13-25)17-55(43(30)60)35-9-10-37(57)50-42(35)59/h1-8,13-16,28,35-36,51,56H,9-12,17-23H2,(H,48,49)(H,50,57,59)/t28?,35?,36-/m0/s1. The number of benzene rings is 3. The molecule has 3 aromatic carbocycles. The number of amides is 3. The van der Waals surface area contributed by atoms with Gasteiger partial charge in [0.25, 0.3) is 5.91 Å². The Morgan fingerprint density at radius 1 is 0.984 bits per heavy atom. The lowest BCUT2D eigenvalue weighted by atomic mass is 9.72. The molecule has 0 saturated carbocycles. The molecule has 2 unspecified atom stereocenters. The number of hydrogen-bond donors (Lipinski definition) is 4. The highest BCUT2D eigenvalue weighted by atomic mass is 32.2. The topological polar surface area (TPSA) is 188 Å². The maximum Gasteiger partial charge on any atom is 0.301 e. The van der Waals surface area contributed by atoms with Gasteiger partial charge in [-0.25, -0.2) is 18.2 Å². The summed E-state index contributed by atoms with van der Waals surface area (Å²) in [7, 11) is -4.36. The molecule has 5 aliphatic rings. The van der Waals surface area contributed by atoms with E-state index in [-0.39, 0.29) is 55.1 Å². The Kier molecular flexibility index (Phi) is 9.92. The lowest BCUT2D eigenvalue weighted by molar-refractivity contribution is -0.136. The Balaban J connectivity index is 0.756. The van der Waals surface area contributed by atoms with Crippen molar-refractivity contribution in [3.8, 4) is 11.1 Å². The molecule has 4 fully saturated rings. The first-order valence-corrected chi connectivity index (χ1v) is 22.0. The summed E-state index contributed by atoms with van der Waals surface area (Å²) in [5.74, 6) is -4.66. The number of likely N-dealkylation sites (tertiary alicyclic amines) is 1. The zero-order chi connectivity index (χ0) is 43.9. The number of H-pyrrole nitrogens is 1. The van der Waals surface area contributed by atoms with Crippen molar-refractivity contribution in [3.63, 3.8) is 0 Å². The van der Waals surface area contributed by atoms with E-state index in [9.17, 15) is 37.1 Å². The molecule has 3 atom stereocenters. The molecule has 4 saturated heterocycles. The number of rotatable bonds is 11. The van der Waals surface area contributed by atoms with Crippen LogP contribution in [0.4, 0.5) is 24.5 Å². The molecule has 3 amide bonds. The van der Waals surface area contributed by atoms with Gasteiger partial charge in [-0.3, -0.25) is 34.1 Å². The Labute approximate surface area is 359 Å². The highest BCUT2D eigenvalue weighted by Crippen LogP contribution is 2.43. The molecule has 0 aliphatic carbocycles. The minimum absolute atomic E-state index is 0.00481. The Morgan fingerprint density at radius 2 is 1.76 bits per heavy atom. The number of halogens is 3. The number of fused-ring (bicyclic) bond motifs is 2. The number of aliphatic hydroxyl groups is 1. The van der Waals surface area contributed by atoms with Gasteiger partial charge in [0.1, 0.15) is 23.7 Å². The summed E-state index contributed by atoms with van der Waals surface area (Å²) in [6.45, 7) is 3.50. The molecule has 7 heterocycles. The number of aromatic nitrogens is 2. The smallest absolute Gasteiger partial charge is 0.301 e. The molecule has 0 radical (unpaired) electrons. The zero-order valence-corrected chi connectivity index (χ0v) is 34.4. The number of anilines is 2. The van der Waals surface area contributed by atoms with Crippen molar-refractivity contribution in [2.24, 2.45) is 5.41 Å². The van der Waals surface area contributed by atoms with Crippen LogP contribution in [0.5, 0.6) is 0 Å². The van der Waals surface area contributed by atoms with Crippen LogP contribution in [0.1, 0.15) is 62.8 Å². The molecule has 2 aromatic heterocycles. The number of imide groups is 1. The van der Waals surface area contributed by atoms with E-state index in [0.717, 1.165) is 59.4 Å². The van der Waals surface area contributed by atoms with Crippen LogP contribution in [-0.4, -0.2) is 119 Å². The predicted molar refractivity (Wildman–Crippen MR) is 223 cm³/mol. The number of ketones is 1. The van der Waals surface area contributed by atoms with E-state index in [1.54, 1.807) is 24.4 Å². The number of hydrogen-bond acceptors (Lipinski definition) is 10. The van der Waals surface area contributed by atoms with Crippen molar-refractivity contribution in [2.45, 2.75) is 44.1 Å². The van der Waals surface area contributed by atoms with Crippen LogP contribution < -0.4 is 14.9 Å². The molecule has 1 spiro atoms. The molecule has 0 bridgehead atoms. The summed E-state index contributed by atoms with van der Waals surface area (Å²) in [6, 6.07) is 15.8. The number of nitrogens with one attached hydrogen (secondary N) is 3. The van der Waals surface area contributed by atoms with Gasteiger partial charge < -0.3 is 19.9 Å². The number of aliphatic hydroxyl groups excluding tert-OH is 1. The third kappa shape index (κ3) is 7.31. The number of carbonyl (C=O) groups excluding carboxylic acids is 4. The lowest BCUT2D eigenvalue weighted by Crippen LogP contribution is -2.72.